The summed E-state index contributed by atoms with van der Waals surface area (Å²) in [6.45, 7) is 11.8. The fourth-order valence-electron chi connectivity index (χ4n) is 3.98. The van der Waals surface area contributed by atoms with E-state index in [0.717, 1.165) is 36.1 Å². The zero-order chi connectivity index (χ0) is 23.6. The third-order valence-corrected chi connectivity index (χ3v) is 11.6. The zero-order valence-electron chi connectivity index (χ0n) is 20.6. The van der Waals surface area contributed by atoms with Gasteiger partial charge in [-0.3, -0.25) is 4.57 Å². The number of hydrogen-bond acceptors (Lipinski definition) is 6. The van der Waals surface area contributed by atoms with Gasteiger partial charge in [0, 0.05) is 13.5 Å². The number of benzene rings is 1. The lowest BCUT2D eigenvalue weighted by Gasteiger charge is -2.37. The van der Waals surface area contributed by atoms with Gasteiger partial charge >= 0.3 is 0 Å². The second-order valence-electron chi connectivity index (χ2n) is 10.3. The molecule has 1 aromatic carbocycles. The van der Waals surface area contributed by atoms with Crippen LogP contribution in [0.5, 0.6) is 0 Å². The number of rotatable bonds is 8. The van der Waals surface area contributed by atoms with E-state index in [1.165, 1.54) is 5.56 Å². The first-order valence-corrected chi connectivity index (χ1v) is 14.6. The fourth-order valence-corrected chi connectivity index (χ4v) is 4.99. The molecule has 1 aliphatic rings. The summed E-state index contributed by atoms with van der Waals surface area (Å²) >= 11 is 0. The van der Waals surface area contributed by atoms with Gasteiger partial charge < -0.3 is 13.9 Å². The Morgan fingerprint density at radius 3 is 2.55 bits per heavy atom. The van der Waals surface area contributed by atoms with Gasteiger partial charge in [0.25, 0.3) is 0 Å². The van der Waals surface area contributed by atoms with Crippen molar-refractivity contribution in [2.75, 3.05) is 13.7 Å². The van der Waals surface area contributed by atoms with Crippen LogP contribution in [0.25, 0.3) is 11.2 Å². The highest BCUT2D eigenvalue weighted by Gasteiger charge is 2.42. The van der Waals surface area contributed by atoms with Gasteiger partial charge in [0.1, 0.15) is 24.2 Å². The maximum atomic E-state index is 6.44. The Kier molecular flexibility index (Phi) is 7.00. The smallest absolute Gasteiger partial charge is 0.192 e. The average molecular weight is 469 g/mol. The largest absolute Gasteiger partial charge is 0.414 e. The summed E-state index contributed by atoms with van der Waals surface area (Å²) in [4.78, 5) is 13.7. The standard InChI is InChI=1S/C25H36N4O3Si/c1-25(2,3)33(5,6)31-15-21-20(30-4)14-22(32-21)29-17-28-23-19(26-16-27-24(23)29)13-12-18-10-8-7-9-11-18/h7-11,16-17,20-22H,12-15H2,1-6H3/t20-,21+,22+/m0/s1. The van der Waals surface area contributed by atoms with Crippen molar-refractivity contribution in [1.29, 1.82) is 0 Å². The highest BCUT2D eigenvalue weighted by molar-refractivity contribution is 6.74. The van der Waals surface area contributed by atoms with E-state index >= 15 is 0 Å². The van der Waals surface area contributed by atoms with Crippen LogP contribution < -0.4 is 0 Å². The second kappa shape index (κ2) is 9.62. The maximum absolute atomic E-state index is 6.44. The minimum Gasteiger partial charge on any atom is -0.414 e. The average Bonchev–Trinajstić information content (AvgIpc) is 3.40. The molecule has 0 bridgehead atoms. The van der Waals surface area contributed by atoms with Crippen LogP contribution in [0.4, 0.5) is 0 Å². The van der Waals surface area contributed by atoms with Crippen LogP contribution in [0.2, 0.25) is 18.1 Å². The summed E-state index contributed by atoms with van der Waals surface area (Å²) in [7, 11) is -0.125. The molecule has 3 heterocycles. The fraction of sp³-hybridized carbons (Fsp3) is 0.560. The van der Waals surface area contributed by atoms with Crippen LogP contribution in [0.3, 0.4) is 0 Å². The van der Waals surface area contributed by atoms with Crippen LogP contribution in [0, 0.1) is 0 Å². The lowest BCUT2D eigenvalue weighted by Crippen LogP contribution is -2.44. The first-order chi connectivity index (χ1) is 15.7. The molecule has 1 aliphatic heterocycles. The summed E-state index contributed by atoms with van der Waals surface area (Å²) in [5.41, 5.74) is 3.89. The first-order valence-electron chi connectivity index (χ1n) is 11.7. The predicted molar refractivity (Wildman–Crippen MR) is 132 cm³/mol. The van der Waals surface area contributed by atoms with Crippen molar-refractivity contribution >= 4 is 19.5 Å². The van der Waals surface area contributed by atoms with E-state index in [-0.39, 0.29) is 23.5 Å². The van der Waals surface area contributed by atoms with Crippen molar-refractivity contribution in [3.05, 3.63) is 54.2 Å². The SMILES string of the molecule is CO[C@H]1C[C@H](n2cnc3c(CCc4ccccc4)ncnc32)O[C@@H]1CO[Si](C)(C)C(C)(C)C. The Morgan fingerprint density at radius 2 is 1.85 bits per heavy atom. The monoisotopic (exact) mass is 468 g/mol. The van der Waals surface area contributed by atoms with E-state index in [9.17, 15) is 0 Å². The predicted octanol–water partition coefficient (Wildman–Crippen LogP) is 4.94. The van der Waals surface area contributed by atoms with E-state index in [1.807, 2.05) is 17.0 Å². The number of aryl methyl sites for hydroxylation is 2. The third-order valence-electron chi connectivity index (χ3n) is 7.14. The summed E-state index contributed by atoms with van der Waals surface area (Å²) < 4.78 is 20.7. The van der Waals surface area contributed by atoms with Gasteiger partial charge in [-0.15, -0.1) is 0 Å². The van der Waals surface area contributed by atoms with Crippen molar-refractivity contribution in [2.24, 2.45) is 0 Å². The van der Waals surface area contributed by atoms with Crippen LogP contribution >= 0.6 is 0 Å². The molecular formula is C25H36N4O3Si. The molecule has 2 aromatic heterocycles. The molecule has 1 saturated heterocycles. The summed E-state index contributed by atoms with van der Waals surface area (Å²) in [6, 6.07) is 10.4. The molecule has 0 N–H and O–H groups in total. The van der Waals surface area contributed by atoms with Gasteiger partial charge in [0.05, 0.1) is 24.7 Å². The first kappa shape index (κ1) is 24.0. The quantitative estimate of drug-likeness (QED) is 0.436. The number of ether oxygens (including phenoxy) is 2. The van der Waals surface area contributed by atoms with Crippen LogP contribution in [0.15, 0.2) is 43.0 Å². The lowest BCUT2D eigenvalue weighted by atomic mass is 10.1. The van der Waals surface area contributed by atoms with Crippen molar-refractivity contribution in [2.45, 2.75) is 76.6 Å². The Labute approximate surface area is 197 Å². The molecule has 0 aliphatic carbocycles. The molecule has 7 nitrogen and oxygen atoms in total. The van der Waals surface area contributed by atoms with Crippen molar-refractivity contribution < 1.29 is 13.9 Å². The molecule has 178 valence electrons. The molecule has 0 amide bonds. The molecule has 1 fully saturated rings. The Morgan fingerprint density at radius 1 is 1.09 bits per heavy atom. The van der Waals surface area contributed by atoms with Crippen LogP contribution in [0.1, 0.15) is 44.7 Å². The Balaban J connectivity index is 1.48. The highest BCUT2D eigenvalue weighted by atomic mass is 28.4. The molecule has 3 aromatic rings. The molecule has 33 heavy (non-hydrogen) atoms. The van der Waals surface area contributed by atoms with E-state index in [2.05, 4.69) is 73.1 Å². The number of fused-ring (bicyclic) bond motifs is 1. The van der Waals surface area contributed by atoms with E-state index < -0.39 is 8.32 Å². The van der Waals surface area contributed by atoms with Gasteiger partial charge in [-0.05, 0) is 36.5 Å². The molecule has 3 atom stereocenters. The minimum absolute atomic E-state index is 0.0309. The van der Waals surface area contributed by atoms with E-state index in [0.29, 0.717) is 6.61 Å². The van der Waals surface area contributed by atoms with Crippen molar-refractivity contribution in [3.8, 4) is 0 Å². The molecule has 0 saturated carbocycles. The Hall–Kier alpha value is -2.13. The third kappa shape index (κ3) is 5.19. The number of hydrogen-bond donors (Lipinski definition) is 0. The minimum atomic E-state index is -1.87. The molecule has 0 spiro atoms. The summed E-state index contributed by atoms with van der Waals surface area (Å²) in [6.07, 6.45) is 5.57. The molecule has 8 heteroatoms. The molecule has 0 radical (unpaired) electrons. The van der Waals surface area contributed by atoms with Gasteiger partial charge in [-0.2, -0.15) is 0 Å². The summed E-state index contributed by atoms with van der Waals surface area (Å²) in [5.74, 6) is 0. The van der Waals surface area contributed by atoms with Gasteiger partial charge in [0.2, 0.25) is 0 Å². The second-order valence-corrected chi connectivity index (χ2v) is 15.1. The van der Waals surface area contributed by atoms with Gasteiger partial charge in [0.15, 0.2) is 14.0 Å². The normalized spacial score (nSPS) is 21.7. The Bertz CT molecular complexity index is 1060. The van der Waals surface area contributed by atoms with Crippen molar-refractivity contribution in [1.82, 2.24) is 19.5 Å². The van der Waals surface area contributed by atoms with Gasteiger partial charge in [-0.25, -0.2) is 15.0 Å². The zero-order valence-corrected chi connectivity index (χ0v) is 21.6. The highest BCUT2D eigenvalue weighted by Crippen LogP contribution is 2.38. The topological polar surface area (TPSA) is 71.3 Å². The molecular weight excluding hydrogens is 432 g/mol. The lowest BCUT2D eigenvalue weighted by molar-refractivity contribution is -0.0486. The van der Waals surface area contributed by atoms with E-state index in [1.54, 1.807) is 13.4 Å². The number of aromatic nitrogens is 4. The van der Waals surface area contributed by atoms with Crippen molar-refractivity contribution in [3.63, 3.8) is 0 Å². The number of nitrogens with zero attached hydrogens (tertiary/aromatic N) is 4. The van der Waals surface area contributed by atoms with Crippen LogP contribution in [-0.2, 0) is 26.7 Å². The summed E-state index contributed by atoms with van der Waals surface area (Å²) in [5, 5.41) is 0.154. The van der Waals surface area contributed by atoms with Crippen LogP contribution in [-0.4, -0.2) is 53.8 Å². The number of imidazole rings is 1. The maximum Gasteiger partial charge on any atom is 0.192 e. The molecule has 4 rings (SSSR count). The van der Waals surface area contributed by atoms with Gasteiger partial charge in [-0.1, -0.05) is 51.1 Å². The molecule has 0 unspecified atom stereocenters. The number of methoxy groups -OCH3 is 1. The van der Waals surface area contributed by atoms with E-state index in [4.69, 9.17) is 13.9 Å².